The SMILES string of the molecule is COCCN1CCC(N[C@@H](C)C(=O)Nc2cccc(Br)c2)CC1. The molecular formula is C17H26BrN3O2. The second-order valence-electron chi connectivity index (χ2n) is 6.00. The molecule has 1 heterocycles. The van der Waals surface area contributed by atoms with Gasteiger partial charge in [0.15, 0.2) is 0 Å². The first-order valence-electron chi connectivity index (χ1n) is 8.12. The quantitative estimate of drug-likeness (QED) is 0.759. The Kier molecular flexibility index (Phi) is 7.49. The van der Waals surface area contributed by atoms with Gasteiger partial charge in [0.2, 0.25) is 5.91 Å². The molecule has 1 aliphatic heterocycles. The van der Waals surface area contributed by atoms with Gasteiger partial charge in [-0.1, -0.05) is 22.0 Å². The summed E-state index contributed by atoms with van der Waals surface area (Å²) in [5.41, 5.74) is 0.812. The molecule has 1 fully saturated rings. The molecule has 23 heavy (non-hydrogen) atoms. The van der Waals surface area contributed by atoms with E-state index in [0.29, 0.717) is 6.04 Å². The number of benzene rings is 1. The molecule has 2 rings (SSSR count). The zero-order chi connectivity index (χ0) is 16.7. The third kappa shape index (κ3) is 6.22. The lowest BCUT2D eigenvalue weighted by Gasteiger charge is -2.33. The summed E-state index contributed by atoms with van der Waals surface area (Å²) in [6.07, 6.45) is 2.14. The Labute approximate surface area is 146 Å². The number of nitrogens with one attached hydrogen (secondary N) is 2. The van der Waals surface area contributed by atoms with Gasteiger partial charge in [-0.2, -0.15) is 0 Å². The van der Waals surface area contributed by atoms with E-state index in [1.165, 1.54) is 0 Å². The van der Waals surface area contributed by atoms with Crippen LogP contribution in [-0.2, 0) is 9.53 Å². The van der Waals surface area contributed by atoms with Crippen LogP contribution >= 0.6 is 15.9 Å². The minimum Gasteiger partial charge on any atom is -0.383 e. The molecule has 1 aliphatic rings. The van der Waals surface area contributed by atoms with Gasteiger partial charge in [-0.25, -0.2) is 0 Å². The van der Waals surface area contributed by atoms with Crippen molar-refractivity contribution in [3.05, 3.63) is 28.7 Å². The van der Waals surface area contributed by atoms with Crippen molar-refractivity contribution in [2.24, 2.45) is 0 Å². The number of nitrogens with zero attached hydrogens (tertiary/aromatic N) is 1. The number of halogens is 1. The van der Waals surface area contributed by atoms with Gasteiger partial charge in [0.25, 0.3) is 0 Å². The van der Waals surface area contributed by atoms with Crippen molar-refractivity contribution in [3.8, 4) is 0 Å². The molecule has 128 valence electrons. The average molecular weight is 384 g/mol. The lowest BCUT2D eigenvalue weighted by molar-refractivity contribution is -0.118. The van der Waals surface area contributed by atoms with E-state index in [0.717, 1.165) is 49.2 Å². The maximum atomic E-state index is 12.3. The predicted octanol–water partition coefficient (Wildman–Crippen LogP) is 2.48. The summed E-state index contributed by atoms with van der Waals surface area (Å²) in [7, 11) is 1.74. The van der Waals surface area contributed by atoms with Crippen LogP contribution in [0.5, 0.6) is 0 Å². The van der Waals surface area contributed by atoms with Gasteiger partial charge >= 0.3 is 0 Å². The van der Waals surface area contributed by atoms with E-state index in [1.807, 2.05) is 31.2 Å². The lowest BCUT2D eigenvalue weighted by atomic mass is 10.0. The minimum atomic E-state index is -0.204. The van der Waals surface area contributed by atoms with Crippen molar-refractivity contribution in [1.29, 1.82) is 0 Å². The number of ether oxygens (including phenoxy) is 1. The van der Waals surface area contributed by atoms with Gasteiger partial charge in [0.05, 0.1) is 12.6 Å². The Morgan fingerprint density at radius 1 is 1.43 bits per heavy atom. The van der Waals surface area contributed by atoms with Crippen molar-refractivity contribution in [3.63, 3.8) is 0 Å². The van der Waals surface area contributed by atoms with Gasteiger partial charge in [-0.3, -0.25) is 4.79 Å². The fourth-order valence-corrected chi connectivity index (χ4v) is 3.19. The van der Waals surface area contributed by atoms with Crippen molar-refractivity contribution in [1.82, 2.24) is 10.2 Å². The second kappa shape index (κ2) is 9.37. The normalized spacial score (nSPS) is 17.9. The third-order valence-electron chi connectivity index (χ3n) is 4.17. The highest BCUT2D eigenvalue weighted by Crippen LogP contribution is 2.16. The molecule has 1 aromatic carbocycles. The molecule has 0 aromatic heterocycles. The summed E-state index contributed by atoms with van der Waals surface area (Å²) in [5.74, 6) is 0.00455. The molecule has 1 atom stereocenters. The molecule has 2 N–H and O–H groups in total. The van der Waals surface area contributed by atoms with Crippen molar-refractivity contribution < 1.29 is 9.53 Å². The van der Waals surface area contributed by atoms with E-state index >= 15 is 0 Å². The first-order chi connectivity index (χ1) is 11.1. The van der Waals surface area contributed by atoms with Crippen LogP contribution in [0.25, 0.3) is 0 Å². The van der Waals surface area contributed by atoms with Gasteiger partial charge in [0, 0.05) is 29.9 Å². The Morgan fingerprint density at radius 2 is 2.17 bits per heavy atom. The highest BCUT2D eigenvalue weighted by atomic mass is 79.9. The molecule has 0 bridgehead atoms. The molecule has 1 amide bonds. The summed E-state index contributed by atoms with van der Waals surface area (Å²) in [6, 6.07) is 7.84. The van der Waals surface area contributed by atoms with Crippen LogP contribution in [0.15, 0.2) is 28.7 Å². The maximum Gasteiger partial charge on any atom is 0.241 e. The molecular weight excluding hydrogens is 358 g/mol. The first kappa shape index (κ1) is 18.4. The van der Waals surface area contributed by atoms with Gasteiger partial charge < -0.3 is 20.3 Å². The molecule has 0 unspecified atom stereocenters. The number of amides is 1. The monoisotopic (exact) mass is 383 g/mol. The Hall–Kier alpha value is -0.950. The summed E-state index contributed by atoms with van der Waals surface area (Å²) < 4.78 is 6.08. The molecule has 0 saturated carbocycles. The van der Waals surface area contributed by atoms with E-state index in [1.54, 1.807) is 7.11 Å². The molecule has 1 saturated heterocycles. The molecule has 6 heteroatoms. The molecule has 1 aromatic rings. The summed E-state index contributed by atoms with van der Waals surface area (Å²) in [6.45, 7) is 5.80. The number of anilines is 1. The van der Waals surface area contributed by atoms with Crippen LogP contribution < -0.4 is 10.6 Å². The van der Waals surface area contributed by atoms with E-state index < -0.39 is 0 Å². The smallest absolute Gasteiger partial charge is 0.241 e. The molecule has 0 radical (unpaired) electrons. The number of likely N-dealkylation sites (tertiary alicyclic amines) is 1. The van der Waals surface area contributed by atoms with Crippen LogP contribution in [0, 0.1) is 0 Å². The molecule has 5 nitrogen and oxygen atoms in total. The molecule has 0 spiro atoms. The number of carbonyl (C=O) groups excluding carboxylic acids is 1. The fraction of sp³-hybridized carbons (Fsp3) is 0.588. The summed E-state index contributed by atoms with van der Waals surface area (Å²) in [4.78, 5) is 14.7. The average Bonchev–Trinajstić information content (AvgIpc) is 2.54. The second-order valence-corrected chi connectivity index (χ2v) is 6.91. The number of hydrogen-bond donors (Lipinski definition) is 2. The zero-order valence-corrected chi connectivity index (χ0v) is 15.4. The molecule has 0 aliphatic carbocycles. The standard InChI is InChI=1S/C17H26BrN3O2/c1-13(17(22)20-16-5-3-4-14(18)12-16)19-15-6-8-21(9-7-15)10-11-23-2/h3-5,12-13,15,19H,6-11H2,1-2H3,(H,20,22)/t13-/m0/s1. The van der Waals surface area contributed by atoms with Crippen molar-refractivity contribution >= 4 is 27.5 Å². The van der Waals surface area contributed by atoms with E-state index in [-0.39, 0.29) is 11.9 Å². The summed E-state index contributed by atoms with van der Waals surface area (Å²) >= 11 is 3.41. The Balaban J connectivity index is 1.74. The highest BCUT2D eigenvalue weighted by molar-refractivity contribution is 9.10. The Bertz CT molecular complexity index is 504. The van der Waals surface area contributed by atoms with E-state index in [4.69, 9.17) is 4.74 Å². The minimum absolute atomic E-state index is 0.00455. The first-order valence-corrected chi connectivity index (χ1v) is 8.91. The van der Waals surface area contributed by atoms with Crippen molar-refractivity contribution in [2.75, 3.05) is 38.7 Å². The van der Waals surface area contributed by atoms with Crippen LogP contribution in [0.3, 0.4) is 0 Å². The van der Waals surface area contributed by atoms with E-state index in [9.17, 15) is 4.79 Å². The van der Waals surface area contributed by atoms with E-state index in [2.05, 4.69) is 31.5 Å². The predicted molar refractivity (Wildman–Crippen MR) is 96.7 cm³/mol. The third-order valence-corrected chi connectivity index (χ3v) is 4.66. The Morgan fingerprint density at radius 3 is 2.83 bits per heavy atom. The largest absolute Gasteiger partial charge is 0.383 e. The highest BCUT2D eigenvalue weighted by Gasteiger charge is 2.22. The number of piperidine rings is 1. The number of hydrogen-bond acceptors (Lipinski definition) is 4. The van der Waals surface area contributed by atoms with Gasteiger partial charge in [-0.15, -0.1) is 0 Å². The maximum absolute atomic E-state index is 12.3. The van der Waals surface area contributed by atoms with Crippen LogP contribution in [0.4, 0.5) is 5.69 Å². The number of methoxy groups -OCH3 is 1. The number of carbonyl (C=O) groups is 1. The number of rotatable bonds is 7. The van der Waals surface area contributed by atoms with Crippen LogP contribution in [-0.4, -0.2) is 56.2 Å². The zero-order valence-electron chi connectivity index (χ0n) is 13.8. The fourth-order valence-electron chi connectivity index (χ4n) is 2.79. The van der Waals surface area contributed by atoms with Gasteiger partial charge in [-0.05, 0) is 51.1 Å². The van der Waals surface area contributed by atoms with Crippen LogP contribution in [0.1, 0.15) is 19.8 Å². The summed E-state index contributed by atoms with van der Waals surface area (Å²) in [5, 5.41) is 6.40. The van der Waals surface area contributed by atoms with Crippen LogP contribution in [0.2, 0.25) is 0 Å². The van der Waals surface area contributed by atoms with Crippen molar-refractivity contribution in [2.45, 2.75) is 31.8 Å². The lowest BCUT2D eigenvalue weighted by Crippen LogP contribution is -2.49. The van der Waals surface area contributed by atoms with Gasteiger partial charge in [0.1, 0.15) is 0 Å². The topological polar surface area (TPSA) is 53.6 Å².